The lowest BCUT2D eigenvalue weighted by atomic mass is 10.1. The highest BCUT2D eigenvalue weighted by molar-refractivity contribution is 5.83. The molecule has 0 aromatic heterocycles. The third-order valence-electron chi connectivity index (χ3n) is 3.82. The van der Waals surface area contributed by atoms with Crippen LogP contribution in [0.25, 0.3) is 0 Å². The summed E-state index contributed by atoms with van der Waals surface area (Å²) in [6.07, 6.45) is 0.820. The quantitative estimate of drug-likeness (QED) is 0.693. The van der Waals surface area contributed by atoms with Gasteiger partial charge in [0.1, 0.15) is 12.3 Å². The zero-order chi connectivity index (χ0) is 18.1. The predicted molar refractivity (Wildman–Crippen MR) is 95.2 cm³/mol. The first-order valence-electron chi connectivity index (χ1n) is 8.23. The molecule has 0 spiro atoms. The number of carbonyl (C=O) groups excluding carboxylic acids is 2. The van der Waals surface area contributed by atoms with Crippen LogP contribution in [-0.4, -0.2) is 37.0 Å². The van der Waals surface area contributed by atoms with Crippen molar-refractivity contribution in [3.05, 3.63) is 65.7 Å². The van der Waals surface area contributed by atoms with Crippen LogP contribution >= 0.6 is 0 Å². The van der Waals surface area contributed by atoms with Gasteiger partial charge in [-0.25, -0.2) is 0 Å². The molecular weight excluding hydrogens is 318 g/mol. The Labute approximate surface area is 148 Å². The van der Waals surface area contributed by atoms with Gasteiger partial charge in [-0.2, -0.15) is 0 Å². The van der Waals surface area contributed by atoms with E-state index in [1.54, 1.807) is 0 Å². The number of hydrogen-bond donors (Lipinski definition) is 0. The molecule has 0 aliphatic carbocycles. The fourth-order valence-electron chi connectivity index (χ4n) is 2.42. The molecule has 5 nitrogen and oxygen atoms in total. The Balaban J connectivity index is 2.05. The van der Waals surface area contributed by atoms with E-state index >= 15 is 0 Å². The van der Waals surface area contributed by atoms with Crippen LogP contribution in [0, 0.1) is 0 Å². The zero-order valence-electron chi connectivity index (χ0n) is 14.6. The molecular formula is C20H23NO4. The SMILES string of the molecule is CCc1ccccc1OCC(=O)N(CC(=O)OC)Cc1ccccc1. The molecule has 0 saturated heterocycles. The normalized spacial score (nSPS) is 10.2. The van der Waals surface area contributed by atoms with E-state index in [0.717, 1.165) is 17.5 Å². The van der Waals surface area contributed by atoms with E-state index in [-0.39, 0.29) is 19.1 Å². The smallest absolute Gasteiger partial charge is 0.325 e. The molecule has 1 amide bonds. The molecule has 25 heavy (non-hydrogen) atoms. The van der Waals surface area contributed by atoms with Crippen LogP contribution in [0.15, 0.2) is 54.6 Å². The van der Waals surface area contributed by atoms with Gasteiger partial charge in [0.2, 0.25) is 0 Å². The van der Waals surface area contributed by atoms with Crippen LogP contribution < -0.4 is 4.74 Å². The number of nitrogens with zero attached hydrogens (tertiary/aromatic N) is 1. The van der Waals surface area contributed by atoms with Crippen molar-refractivity contribution in [2.75, 3.05) is 20.3 Å². The van der Waals surface area contributed by atoms with E-state index in [2.05, 4.69) is 0 Å². The van der Waals surface area contributed by atoms with E-state index in [4.69, 9.17) is 9.47 Å². The molecule has 2 rings (SSSR count). The number of carbonyl (C=O) groups is 2. The first-order chi connectivity index (χ1) is 12.1. The summed E-state index contributed by atoms with van der Waals surface area (Å²) in [7, 11) is 1.31. The molecule has 0 bridgehead atoms. The van der Waals surface area contributed by atoms with Crippen LogP contribution in [0.2, 0.25) is 0 Å². The highest BCUT2D eigenvalue weighted by atomic mass is 16.5. The van der Waals surface area contributed by atoms with Crippen LogP contribution in [0.5, 0.6) is 5.75 Å². The zero-order valence-corrected chi connectivity index (χ0v) is 14.6. The largest absolute Gasteiger partial charge is 0.483 e. The fraction of sp³-hybridized carbons (Fsp3) is 0.300. The Kier molecular flexibility index (Phi) is 7.01. The number of amides is 1. The van der Waals surface area contributed by atoms with Gasteiger partial charge < -0.3 is 14.4 Å². The van der Waals surface area contributed by atoms with Crippen molar-refractivity contribution < 1.29 is 19.1 Å². The van der Waals surface area contributed by atoms with Gasteiger partial charge in [-0.3, -0.25) is 9.59 Å². The molecule has 0 saturated carbocycles. The third-order valence-corrected chi connectivity index (χ3v) is 3.82. The minimum absolute atomic E-state index is 0.108. The van der Waals surface area contributed by atoms with Crippen LogP contribution in [0.1, 0.15) is 18.1 Å². The van der Waals surface area contributed by atoms with Gasteiger partial charge in [-0.1, -0.05) is 55.5 Å². The number of rotatable bonds is 8. The monoisotopic (exact) mass is 341 g/mol. The Morgan fingerprint density at radius 1 is 1.00 bits per heavy atom. The lowest BCUT2D eigenvalue weighted by molar-refractivity contribution is -0.148. The molecule has 0 atom stereocenters. The van der Waals surface area contributed by atoms with Gasteiger partial charge in [-0.05, 0) is 23.6 Å². The van der Waals surface area contributed by atoms with Crippen LogP contribution in [-0.2, 0) is 27.3 Å². The van der Waals surface area contributed by atoms with Crippen molar-refractivity contribution in [3.63, 3.8) is 0 Å². The molecule has 5 heteroatoms. The number of para-hydroxylation sites is 1. The van der Waals surface area contributed by atoms with E-state index in [0.29, 0.717) is 12.3 Å². The maximum Gasteiger partial charge on any atom is 0.325 e. The molecule has 0 N–H and O–H groups in total. The molecule has 0 aliphatic heterocycles. The topological polar surface area (TPSA) is 55.8 Å². The minimum atomic E-state index is -0.460. The predicted octanol–water partition coefficient (Wildman–Crippen LogP) is 2.83. The van der Waals surface area contributed by atoms with E-state index in [9.17, 15) is 9.59 Å². The highest BCUT2D eigenvalue weighted by Gasteiger charge is 2.19. The van der Waals surface area contributed by atoms with Crippen molar-refractivity contribution >= 4 is 11.9 Å². The summed E-state index contributed by atoms with van der Waals surface area (Å²) in [5.74, 6) is -0.0329. The summed E-state index contributed by atoms with van der Waals surface area (Å²) in [4.78, 5) is 25.6. The van der Waals surface area contributed by atoms with Crippen molar-refractivity contribution in [1.29, 1.82) is 0 Å². The minimum Gasteiger partial charge on any atom is -0.483 e. The Morgan fingerprint density at radius 2 is 1.68 bits per heavy atom. The number of methoxy groups -OCH3 is 1. The van der Waals surface area contributed by atoms with E-state index in [1.807, 2.05) is 61.5 Å². The average molecular weight is 341 g/mol. The summed E-state index contributed by atoms with van der Waals surface area (Å²) in [6, 6.07) is 17.1. The molecule has 0 aliphatic rings. The summed E-state index contributed by atoms with van der Waals surface area (Å²) in [6.45, 7) is 2.13. The van der Waals surface area contributed by atoms with Gasteiger partial charge in [0.05, 0.1) is 7.11 Å². The number of benzene rings is 2. The van der Waals surface area contributed by atoms with Crippen molar-refractivity contribution in [3.8, 4) is 5.75 Å². The van der Waals surface area contributed by atoms with Crippen molar-refractivity contribution in [2.24, 2.45) is 0 Å². The van der Waals surface area contributed by atoms with Crippen LogP contribution in [0.3, 0.4) is 0 Å². The first-order valence-corrected chi connectivity index (χ1v) is 8.23. The van der Waals surface area contributed by atoms with Gasteiger partial charge >= 0.3 is 5.97 Å². The third kappa shape index (κ3) is 5.64. The van der Waals surface area contributed by atoms with E-state index < -0.39 is 5.97 Å². The number of esters is 1. The lowest BCUT2D eigenvalue weighted by Gasteiger charge is -2.22. The second-order valence-electron chi connectivity index (χ2n) is 5.56. The standard InChI is InChI=1S/C20H23NO4/c1-3-17-11-7-8-12-18(17)25-15-19(22)21(14-20(23)24-2)13-16-9-5-4-6-10-16/h4-12H,3,13-15H2,1-2H3. The van der Waals surface area contributed by atoms with Gasteiger partial charge in [-0.15, -0.1) is 0 Å². The summed E-state index contributed by atoms with van der Waals surface area (Å²) < 4.78 is 10.4. The maximum absolute atomic E-state index is 12.6. The number of hydrogen-bond acceptors (Lipinski definition) is 4. The number of ether oxygens (including phenoxy) is 2. The molecule has 132 valence electrons. The Morgan fingerprint density at radius 3 is 2.36 bits per heavy atom. The number of aryl methyl sites for hydroxylation is 1. The summed E-state index contributed by atoms with van der Waals surface area (Å²) >= 11 is 0. The summed E-state index contributed by atoms with van der Waals surface area (Å²) in [5.41, 5.74) is 1.98. The van der Waals surface area contributed by atoms with Crippen molar-refractivity contribution in [1.82, 2.24) is 4.90 Å². The van der Waals surface area contributed by atoms with Gasteiger partial charge in [0, 0.05) is 6.54 Å². The molecule has 0 radical (unpaired) electrons. The molecule has 2 aromatic rings. The Hall–Kier alpha value is -2.82. The molecule has 0 unspecified atom stereocenters. The average Bonchev–Trinajstić information content (AvgIpc) is 2.66. The summed E-state index contributed by atoms with van der Waals surface area (Å²) in [5, 5.41) is 0. The van der Waals surface area contributed by atoms with Crippen LogP contribution in [0.4, 0.5) is 0 Å². The molecule has 0 heterocycles. The van der Waals surface area contributed by atoms with Gasteiger partial charge in [0.25, 0.3) is 5.91 Å². The second-order valence-corrected chi connectivity index (χ2v) is 5.56. The molecule has 0 fully saturated rings. The fourth-order valence-corrected chi connectivity index (χ4v) is 2.42. The lowest BCUT2D eigenvalue weighted by Crippen LogP contribution is -2.38. The maximum atomic E-state index is 12.6. The molecule has 2 aromatic carbocycles. The van der Waals surface area contributed by atoms with Gasteiger partial charge in [0.15, 0.2) is 6.61 Å². The Bertz CT molecular complexity index is 700. The van der Waals surface area contributed by atoms with E-state index in [1.165, 1.54) is 12.0 Å². The van der Waals surface area contributed by atoms with Crippen molar-refractivity contribution in [2.45, 2.75) is 19.9 Å². The first kappa shape index (κ1) is 18.5. The highest BCUT2D eigenvalue weighted by Crippen LogP contribution is 2.18. The second kappa shape index (κ2) is 9.47.